The van der Waals surface area contributed by atoms with Gasteiger partial charge in [-0.05, 0) is 76.7 Å². The SMILES string of the molecule is C=CC.CC.CN1CCC(NC(=O)CN2CC(C(=O)Nc3cccc(Cl)c3)CCC2=O)CC1.Clc1ccccc1. The Kier molecular flexibility index (Phi) is 17.6. The summed E-state index contributed by atoms with van der Waals surface area (Å²) in [6.45, 7) is 11.4. The van der Waals surface area contributed by atoms with Crippen molar-refractivity contribution in [1.82, 2.24) is 15.1 Å². The van der Waals surface area contributed by atoms with Crippen LogP contribution in [0.4, 0.5) is 5.69 Å². The molecule has 1 unspecified atom stereocenters. The first-order chi connectivity index (χ1) is 19.2. The molecule has 2 saturated heterocycles. The molecule has 0 aliphatic carbocycles. The van der Waals surface area contributed by atoms with Crippen LogP contribution < -0.4 is 10.6 Å². The minimum atomic E-state index is -0.340. The summed E-state index contributed by atoms with van der Waals surface area (Å²) >= 11 is 11.5. The van der Waals surface area contributed by atoms with E-state index in [4.69, 9.17) is 23.2 Å². The fourth-order valence-corrected chi connectivity index (χ4v) is 4.44. The first-order valence-corrected chi connectivity index (χ1v) is 14.6. The molecule has 2 N–H and O–H groups in total. The zero-order valence-electron chi connectivity index (χ0n) is 24.2. The molecule has 0 radical (unpaired) electrons. The van der Waals surface area contributed by atoms with Crippen molar-refractivity contribution in [3.05, 3.63) is 77.3 Å². The van der Waals surface area contributed by atoms with E-state index in [0.29, 0.717) is 17.1 Å². The molecule has 2 aromatic carbocycles. The number of hydrogen-bond acceptors (Lipinski definition) is 4. The molecule has 4 rings (SSSR count). The zero-order chi connectivity index (χ0) is 29.9. The fraction of sp³-hybridized carbons (Fsp3) is 0.452. The Labute approximate surface area is 249 Å². The van der Waals surface area contributed by atoms with E-state index in [-0.39, 0.29) is 49.2 Å². The summed E-state index contributed by atoms with van der Waals surface area (Å²) < 4.78 is 0. The van der Waals surface area contributed by atoms with Gasteiger partial charge in [-0.1, -0.05) is 67.4 Å². The van der Waals surface area contributed by atoms with Gasteiger partial charge in [-0.2, -0.15) is 0 Å². The van der Waals surface area contributed by atoms with E-state index in [2.05, 4.69) is 29.2 Å². The average molecular weight is 592 g/mol. The van der Waals surface area contributed by atoms with E-state index >= 15 is 0 Å². The third-order valence-corrected chi connectivity index (χ3v) is 6.60. The lowest BCUT2D eigenvalue weighted by Crippen LogP contribution is -2.50. The van der Waals surface area contributed by atoms with Crippen LogP contribution in [0, 0.1) is 5.92 Å². The van der Waals surface area contributed by atoms with Crippen LogP contribution in [0.2, 0.25) is 10.0 Å². The summed E-state index contributed by atoms with van der Waals surface area (Å²) in [5.74, 6) is -0.729. The average Bonchev–Trinajstić information content (AvgIpc) is 2.93. The number of rotatable bonds is 5. The molecule has 220 valence electrons. The molecule has 0 aromatic heterocycles. The maximum Gasteiger partial charge on any atom is 0.239 e. The van der Waals surface area contributed by atoms with Gasteiger partial charge in [-0.15, -0.1) is 6.58 Å². The number of piperidine rings is 2. The molecule has 3 amide bonds. The molecule has 40 heavy (non-hydrogen) atoms. The van der Waals surface area contributed by atoms with Crippen molar-refractivity contribution in [2.24, 2.45) is 5.92 Å². The van der Waals surface area contributed by atoms with Crippen molar-refractivity contribution >= 4 is 46.6 Å². The minimum absolute atomic E-state index is 0.00607. The second kappa shape index (κ2) is 20.1. The van der Waals surface area contributed by atoms with Gasteiger partial charge in [0.05, 0.1) is 12.5 Å². The molecule has 2 aliphatic heterocycles. The van der Waals surface area contributed by atoms with Crippen molar-refractivity contribution in [2.45, 2.75) is 52.5 Å². The second-order valence-electron chi connectivity index (χ2n) is 9.36. The number of likely N-dealkylation sites (tertiary alicyclic amines) is 2. The van der Waals surface area contributed by atoms with Gasteiger partial charge >= 0.3 is 0 Å². The molecule has 2 aliphatic rings. The molecule has 1 atom stereocenters. The summed E-state index contributed by atoms with van der Waals surface area (Å²) in [7, 11) is 2.07. The normalized spacial score (nSPS) is 17.0. The smallest absolute Gasteiger partial charge is 0.239 e. The molecule has 9 heteroatoms. The van der Waals surface area contributed by atoms with E-state index < -0.39 is 0 Å². The number of nitrogens with zero attached hydrogens (tertiary/aromatic N) is 2. The molecule has 0 saturated carbocycles. The van der Waals surface area contributed by atoms with Crippen LogP contribution in [0.25, 0.3) is 0 Å². The largest absolute Gasteiger partial charge is 0.352 e. The van der Waals surface area contributed by atoms with Gasteiger partial charge in [0.25, 0.3) is 0 Å². The third kappa shape index (κ3) is 14.0. The quantitative estimate of drug-likeness (QED) is 0.401. The summed E-state index contributed by atoms with van der Waals surface area (Å²) in [4.78, 5) is 40.9. The van der Waals surface area contributed by atoms with Crippen LogP contribution in [0.3, 0.4) is 0 Å². The third-order valence-electron chi connectivity index (χ3n) is 6.11. The number of carbonyl (C=O) groups excluding carboxylic acids is 3. The molecular weight excluding hydrogens is 547 g/mol. The Morgan fingerprint density at radius 2 is 1.60 bits per heavy atom. The maximum atomic E-state index is 12.6. The van der Waals surface area contributed by atoms with Crippen LogP contribution in [-0.2, 0) is 14.4 Å². The van der Waals surface area contributed by atoms with Crippen LogP contribution in [0.15, 0.2) is 67.3 Å². The number of anilines is 1. The van der Waals surface area contributed by atoms with E-state index in [9.17, 15) is 14.4 Å². The predicted molar refractivity (Wildman–Crippen MR) is 167 cm³/mol. The van der Waals surface area contributed by atoms with Crippen molar-refractivity contribution in [2.75, 3.05) is 38.5 Å². The monoisotopic (exact) mass is 590 g/mol. The Morgan fingerprint density at radius 1 is 1.00 bits per heavy atom. The molecule has 0 bridgehead atoms. The van der Waals surface area contributed by atoms with Gasteiger partial charge in [0.1, 0.15) is 0 Å². The number of benzene rings is 2. The van der Waals surface area contributed by atoms with Crippen molar-refractivity contribution < 1.29 is 14.4 Å². The second-order valence-corrected chi connectivity index (χ2v) is 10.2. The van der Waals surface area contributed by atoms with Crippen molar-refractivity contribution in [3.63, 3.8) is 0 Å². The van der Waals surface area contributed by atoms with Gasteiger partial charge in [-0.3, -0.25) is 14.4 Å². The lowest BCUT2D eigenvalue weighted by molar-refractivity contribution is -0.141. The highest BCUT2D eigenvalue weighted by Crippen LogP contribution is 2.21. The lowest BCUT2D eigenvalue weighted by Gasteiger charge is -2.33. The fourth-order valence-electron chi connectivity index (χ4n) is 4.11. The van der Waals surface area contributed by atoms with Gasteiger partial charge in [-0.25, -0.2) is 0 Å². The Balaban J connectivity index is 0.000000558. The molecule has 2 aromatic rings. The molecule has 2 fully saturated rings. The molecule has 7 nitrogen and oxygen atoms in total. The van der Waals surface area contributed by atoms with Crippen LogP contribution in [0.5, 0.6) is 0 Å². The summed E-state index contributed by atoms with van der Waals surface area (Å²) in [5.41, 5.74) is 0.626. The first kappa shape index (κ1) is 35.2. The number of amides is 3. The maximum absolute atomic E-state index is 12.6. The highest BCUT2D eigenvalue weighted by atomic mass is 35.5. The Bertz CT molecular complexity index is 1040. The van der Waals surface area contributed by atoms with Gasteiger partial charge in [0.15, 0.2) is 0 Å². The highest BCUT2D eigenvalue weighted by Gasteiger charge is 2.31. The van der Waals surface area contributed by atoms with E-state index in [0.717, 1.165) is 31.0 Å². The number of allylic oxidation sites excluding steroid dienone is 1. The zero-order valence-corrected chi connectivity index (χ0v) is 25.7. The minimum Gasteiger partial charge on any atom is -0.352 e. The molecule has 2 heterocycles. The Morgan fingerprint density at radius 3 is 2.15 bits per heavy atom. The number of hydrogen-bond donors (Lipinski definition) is 2. The molecular formula is C31H44Cl2N4O3. The topological polar surface area (TPSA) is 81.8 Å². The Hall–Kier alpha value is -2.87. The lowest BCUT2D eigenvalue weighted by atomic mass is 9.96. The van der Waals surface area contributed by atoms with Gasteiger partial charge < -0.3 is 20.4 Å². The number of halogens is 2. The first-order valence-electron chi connectivity index (χ1n) is 13.8. The van der Waals surface area contributed by atoms with Crippen LogP contribution in [-0.4, -0.2) is 66.8 Å². The van der Waals surface area contributed by atoms with E-state index in [1.165, 1.54) is 4.90 Å². The van der Waals surface area contributed by atoms with E-state index in [1.54, 1.807) is 30.3 Å². The number of nitrogens with one attached hydrogen (secondary N) is 2. The summed E-state index contributed by atoms with van der Waals surface area (Å²) in [5, 5.41) is 7.21. The predicted octanol–water partition coefficient (Wildman–Crippen LogP) is 6.29. The van der Waals surface area contributed by atoms with Gasteiger partial charge in [0.2, 0.25) is 17.7 Å². The summed E-state index contributed by atoms with van der Waals surface area (Å²) in [6, 6.07) is 16.6. The van der Waals surface area contributed by atoms with Crippen LogP contribution in [0.1, 0.15) is 46.5 Å². The number of carbonyl (C=O) groups is 3. The van der Waals surface area contributed by atoms with Gasteiger partial charge in [0, 0.05) is 34.7 Å². The summed E-state index contributed by atoms with van der Waals surface area (Å²) in [6.07, 6.45) is 4.34. The van der Waals surface area contributed by atoms with Crippen molar-refractivity contribution in [3.8, 4) is 0 Å². The molecule has 0 spiro atoms. The van der Waals surface area contributed by atoms with Crippen LogP contribution >= 0.6 is 23.2 Å². The standard InChI is InChI=1S/C20H27ClN4O3.C6H5Cl.C3H6.C2H6/c1-24-9-7-16(8-10-24)22-18(26)13-25-12-14(5-6-19(25)27)20(28)23-17-4-2-3-15(21)11-17;7-6-4-2-1-3-5-6;1-3-2;1-2/h2-4,11,14,16H,5-10,12-13H2,1H3,(H,22,26)(H,23,28);1-5H;3H,1H2,2H3;1-2H3. The van der Waals surface area contributed by atoms with Crippen molar-refractivity contribution in [1.29, 1.82) is 0 Å². The van der Waals surface area contributed by atoms with E-state index in [1.807, 2.05) is 51.1 Å². The highest BCUT2D eigenvalue weighted by molar-refractivity contribution is 6.31.